The van der Waals surface area contributed by atoms with Gasteiger partial charge in [0.1, 0.15) is 5.01 Å². The topological polar surface area (TPSA) is 65.5 Å². The highest BCUT2D eigenvalue weighted by Gasteiger charge is 2.18. The maximum atomic E-state index is 10.3. The molecule has 6 heteroatoms. The number of aromatic nitrogens is 1. The fourth-order valence-corrected chi connectivity index (χ4v) is 2.62. The van der Waals surface area contributed by atoms with Crippen molar-refractivity contribution in [2.45, 2.75) is 19.5 Å². The van der Waals surface area contributed by atoms with E-state index >= 15 is 0 Å². The minimum absolute atomic E-state index is 0.316. The summed E-state index contributed by atoms with van der Waals surface area (Å²) in [6.45, 7) is 2.25. The molecule has 15 heavy (non-hydrogen) atoms. The Labute approximate surface area is 91.7 Å². The summed E-state index contributed by atoms with van der Waals surface area (Å²) in [4.78, 5) is 18.3. The van der Waals surface area contributed by atoms with Gasteiger partial charge in [-0.05, 0) is 13.5 Å². The quantitative estimate of drug-likeness (QED) is 0.787. The van der Waals surface area contributed by atoms with Crippen molar-refractivity contribution in [2.24, 2.45) is 0 Å². The number of likely N-dealkylation sites (N-methyl/N-ethyl adjacent to an activating group) is 1. The summed E-state index contributed by atoms with van der Waals surface area (Å²) in [5, 5.41) is 11.7. The summed E-state index contributed by atoms with van der Waals surface area (Å²) in [7, 11) is 2.07. The molecule has 0 radical (unpaired) electrons. The Morgan fingerprint density at radius 1 is 1.73 bits per heavy atom. The van der Waals surface area contributed by atoms with Crippen LogP contribution in [-0.4, -0.2) is 34.7 Å². The van der Waals surface area contributed by atoms with Gasteiger partial charge in [0.2, 0.25) is 0 Å². The van der Waals surface area contributed by atoms with Crippen molar-refractivity contribution in [3.8, 4) is 0 Å². The second-order valence-corrected chi connectivity index (χ2v) is 4.79. The molecular weight excluding hydrogens is 214 g/mol. The van der Waals surface area contributed by atoms with Crippen LogP contribution in [0.25, 0.3) is 0 Å². The van der Waals surface area contributed by atoms with Gasteiger partial charge in [0.15, 0.2) is 0 Å². The highest BCUT2D eigenvalue weighted by Crippen LogP contribution is 2.24. The highest BCUT2D eigenvalue weighted by molar-refractivity contribution is 7.11. The van der Waals surface area contributed by atoms with Crippen molar-refractivity contribution in [1.29, 1.82) is 0 Å². The number of nitrogens with zero attached hydrogens (tertiary/aromatic N) is 2. The summed E-state index contributed by atoms with van der Waals surface area (Å²) in [5.74, 6) is 0. The van der Waals surface area contributed by atoms with E-state index < -0.39 is 6.09 Å². The molecule has 2 heterocycles. The number of nitrogens with one attached hydrogen (secondary N) is 1. The van der Waals surface area contributed by atoms with E-state index in [2.05, 4.69) is 22.2 Å². The maximum absolute atomic E-state index is 10.3. The Kier molecular flexibility index (Phi) is 2.88. The first-order valence-corrected chi connectivity index (χ1v) is 5.59. The lowest BCUT2D eigenvalue weighted by Gasteiger charge is -2.20. The van der Waals surface area contributed by atoms with Crippen molar-refractivity contribution >= 4 is 17.4 Å². The van der Waals surface area contributed by atoms with Gasteiger partial charge in [-0.3, -0.25) is 0 Å². The summed E-state index contributed by atoms with van der Waals surface area (Å²) in [6, 6.07) is 0. The first kappa shape index (κ1) is 10.4. The third kappa shape index (κ3) is 2.45. The molecule has 0 spiro atoms. The molecule has 2 rings (SSSR count). The van der Waals surface area contributed by atoms with Crippen LogP contribution in [0.5, 0.6) is 0 Å². The molecule has 0 fully saturated rings. The number of amides is 1. The number of carbonyl (C=O) groups is 1. The number of rotatable bonds is 2. The molecule has 1 amide bonds. The molecule has 1 aliphatic heterocycles. The van der Waals surface area contributed by atoms with Crippen LogP contribution in [0, 0.1) is 0 Å². The molecule has 2 N–H and O–H groups in total. The van der Waals surface area contributed by atoms with Crippen LogP contribution in [0.15, 0.2) is 0 Å². The van der Waals surface area contributed by atoms with Crippen LogP contribution in [0.4, 0.5) is 4.79 Å². The molecule has 1 aliphatic rings. The average molecular weight is 227 g/mol. The Hall–Kier alpha value is -1.14. The minimum Gasteiger partial charge on any atom is -0.465 e. The lowest BCUT2D eigenvalue weighted by atomic mass is 10.2. The number of thiazole rings is 1. The molecule has 0 atom stereocenters. The third-order valence-corrected chi connectivity index (χ3v) is 3.51. The van der Waals surface area contributed by atoms with Crippen LogP contribution in [0.1, 0.15) is 15.6 Å². The van der Waals surface area contributed by atoms with E-state index in [0.29, 0.717) is 6.54 Å². The van der Waals surface area contributed by atoms with Crippen LogP contribution >= 0.6 is 11.3 Å². The maximum Gasteiger partial charge on any atom is 0.405 e. The number of carboxylic acid groups (broad SMARTS) is 1. The van der Waals surface area contributed by atoms with E-state index in [1.165, 1.54) is 4.88 Å². The SMILES string of the molecule is CN1CCc2sc(CNC(=O)O)nc2C1. The van der Waals surface area contributed by atoms with Gasteiger partial charge in [-0.2, -0.15) is 0 Å². The van der Waals surface area contributed by atoms with Crippen LogP contribution in [-0.2, 0) is 19.5 Å². The van der Waals surface area contributed by atoms with E-state index in [-0.39, 0.29) is 0 Å². The minimum atomic E-state index is -1.000. The lowest BCUT2D eigenvalue weighted by Crippen LogP contribution is -2.25. The second-order valence-electron chi connectivity index (χ2n) is 3.62. The average Bonchev–Trinajstić information content (AvgIpc) is 2.56. The summed E-state index contributed by atoms with van der Waals surface area (Å²) in [6.07, 6.45) is 0.0246. The Balaban J connectivity index is 2.06. The van der Waals surface area contributed by atoms with E-state index in [1.54, 1.807) is 11.3 Å². The van der Waals surface area contributed by atoms with Crippen molar-refractivity contribution in [2.75, 3.05) is 13.6 Å². The lowest BCUT2D eigenvalue weighted by molar-refractivity contribution is 0.194. The molecule has 0 aliphatic carbocycles. The van der Waals surface area contributed by atoms with E-state index in [1.807, 2.05) is 0 Å². The zero-order valence-corrected chi connectivity index (χ0v) is 9.30. The summed E-state index contributed by atoms with van der Waals surface area (Å²) < 4.78 is 0. The Bertz CT molecular complexity index is 377. The predicted molar refractivity (Wildman–Crippen MR) is 57.0 cm³/mol. The fraction of sp³-hybridized carbons (Fsp3) is 0.556. The van der Waals surface area contributed by atoms with Crippen molar-refractivity contribution in [3.05, 3.63) is 15.6 Å². The van der Waals surface area contributed by atoms with E-state index in [0.717, 1.165) is 30.2 Å². The van der Waals surface area contributed by atoms with Gasteiger partial charge >= 0.3 is 6.09 Å². The number of hydrogen-bond donors (Lipinski definition) is 2. The zero-order valence-electron chi connectivity index (χ0n) is 8.49. The van der Waals surface area contributed by atoms with E-state index in [9.17, 15) is 4.79 Å². The molecule has 0 unspecified atom stereocenters. The molecule has 1 aromatic rings. The first-order valence-electron chi connectivity index (χ1n) is 4.78. The van der Waals surface area contributed by atoms with Gasteiger partial charge in [-0.15, -0.1) is 11.3 Å². The standard InChI is InChI=1S/C9H13N3O2S/c1-12-3-2-7-6(5-12)11-8(15-7)4-10-9(13)14/h10H,2-5H2,1H3,(H,13,14). The molecule has 0 saturated carbocycles. The third-order valence-electron chi connectivity index (χ3n) is 2.35. The summed E-state index contributed by atoms with van der Waals surface area (Å²) in [5.41, 5.74) is 1.11. The molecule has 0 aromatic carbocycles. The molecule has 0 saturated heterocycles. The van der Waals surface area contributed by atoms with Gasteiger partial charge in [0.05, 0.1) is 12.2 Å². The largest absolute Gasteiger partial charge is 0.465 e. The monoisotopic (exact) mass is 227 g/mol. The van der Waals surface area contributed by atoms with Crippen LogP contribution in [0.2, 0.25) is 0 Å². The highest BCUT2D eigenvalue weighted by atomic mass is 32.1. The van der Waals surface area contributed by atoms with Gasteiger partial charge in [0, 0.05) is 18.0 Å². The fourth-order valence-electron chi connectivity index (χ4n) is 1.61. The Morgan fingerprint density at radius 3 is 3.27 bits per heavy atom. The van der Waals surface area contributed by atoms with Crippen molar-refractivity contribution in [3.63, 3.8) is 0 Å². The number of hydrogen-bond acceptors (Lipinski definition) is 4. The number of fused-ring (bicyclic) bond motifs is 1. The zero-order chi connectivity index (χ0) is 10.8. The predicted octanol–water partition coefficient (Wildman–Crippen LogP) is 0.899. The first-order chi connectivity index (χ1) is 7.15. The second kappa shape index (κ2) is 4.16. The van der Waals surface area contributed by atoms with Crippen LogP contribution in [0.3, 0.4) is 0 Å². The van der Waals surface area contributed by atoms with Gasteiger partial charge in [-0.1, -0.05) is 0 Å². The van der Waals surface area contributed by atoms with Crippen molar-refractivity contribution < 1.29 is 9.90 Å². The molecule has 5 nitrogen and oxygen atoms in total. The Morgan fingerprint density at radius 2 is 2.53 bits per heavy atom. The van der Waals surface area contributed by atoms with Crippen LogP contribution < -0.4 is 5.32 Å². The molecule has 0 bridgehead atoms. The normalized spacial score (nSPS) is 16.1. The van der Waals surface area contributed by atoms with E-state index in [4.69, 9.17) is 5.11 Å². The van der Waals surface area contributed by atoms with Gasteiger partial charge in [0.25, 0.3) is 0 Å². The molecule has 82 valence electrons. The molecule has 1 aromatic heterocycles. The molecular formula is C9H13N3O2S. The smallest absolute Gasteiger partial charge is 0.405 e. The van der Waals surface area contributed by atoms with Crippen molar-refractivity contribution in [1.82, 2.24) is 15.2 Å². The summed E-state index contributed by atoms with van der Waals surface area (Å²) >= 11 is 1.62. The van der Waals surface area contributed by atoms with Gasteiger partial charge in [-0.25, -0.2) is 9.78 Å². The van der Waals surface area contributed by atoms with Gasteiger partial charge < -0.3 is 15.3 Å².